The molecule has 0 radical (unpaired) electrons. The van der Waals surface area contributed by atoms with Gasteiger partial charge in [-0.3, -0.25) is 14.4 Å². The van der Waals surface area contributed by atoms with Crippen molar-refractivity contribution in [3.8, 4) is 0 Å². The number of quaternary nitrogens is 1. The van der Waals surface area contributed by atoms with Crippen LogP contribution in [0, 0.1) is 5.92 Å². The number of carbonyl (C=O) groups is 3. The quantitative estimate of drug-likeness (QED) is 0.519. The number of nitrogens with one attached hydrogen (secondary N) is 1. The Morgan fingerprint density at radius 3 is 2.44 bits per heavy atom. The smallest absolute Gasteiger partial charge is 0.306 e. The zero-order valence-electron chi connectivity index (χ0n) is 14.9. The van der Waals surface area contributed by atoms with Crippen LogP contribution in [0.4, 0.5) is 0 Å². The standard InChI is InChI=1S/C18H27N3O4/c1-3-12(2)16(19)18(24)21-14(17(20)23)9-10-15(22)25-11-13-7-5-4-6-8-13/h4-8,12,14,16H,3,9-11,19H2,1-2H3,(H2,20,23)(H,21,24)/p+1/t12-,14+,16-/m1/s1. The fourth-order valence-corrected chi connectivity index (χ4v) is 2.18. The van der Waals surface area contributed by atoms with Crippen molar-refractivity contribution in [3.05, 3.63) is 35.9 Å². The zero-order chi connectivity index (χ0) is 18.8. The normalized spacial score (nSPS) is 14.2. The maximum absolute atomic E-state index is 12.1. The first-order valence-corrected chi connectivity index (χ1v) is 8.47. The predicted molar refractivity (Wildman–Crippen MR) is 92.7 cm³/mol. The molecule has 138 valence electrons. The molecule has 0 saturated carbocycles. The van der Waals surface area contributed by atoms with Gasteiger partial charge in [0.05, 0.1) is 0 Å². The van der Waals surface area contributed by atoms with E-state index in [0.717, 1.165) is 12.0 Å². The van der Waals surface area contributed by atoms with Crippen LogP contribution >= 0.6 is 0 Å². The van der Waals surface area contributed by atoms with Crippen LogP contribution in [-0.2, 0) is 25.7 Å². The number of benzene rings is 1. The van der Waals surface area contributed by atoms with E-state index in [4.69, 9.17) is 10.5 Å². The SMILES string of the molecule is CC[C@@H](C)[C@@H]([NH3+])C(=O)N[C@@H](CCC(=O)OCc1ccccc1)C(N)=O. The summed E-state index contributed by atoms with van der Waals surface area (Å²) < 4.78 is 5.15. The molecular formula is C18H28N3O4+. The minimum Gasteiger partial charge on any atom is -0.461 e. The summed E-state index contributed by atoms with van der Waals surface area (Å²) in [5.74, 6) is -1.38. The number of hydrogen-bond donors (Lipinski definition) is 3. The molecule has 0 bridgehead atoms. The zero-order valence-corrected chi connectivity index (χ0v) is 14.9. The van der Waals surface area contributed by atoms with Gasteiger partial charge in [-0.15, -0.1) is 0 Å². The third-order valence-electron chi connectivity index (χ3n) is 4.21. The molecule has 2 amide bonds. The molecule has 7 nitrogen and oxygen atoms in total. The lowest BCUT2D eigenvalue weighted by atomic mass is 9.99. The largest absolute Gasteiger partial charge is 0.461 e. The minimum atomic E-state index is -0.912. The van der Waals surface area contributed by atoms with Crippen molar-refractivity contribution >= 4 is 17.8 Å². The molecule has 25 heavy (non-hydrogen) atoms. The number of nitrogens with two attached hydrogens (primary N) is 1. The minimum absolute atomic E-state index is 0.00807. The Labute approximate surface area is 148 Å². The van der Waals surface area contributed by atoms with Gasteiger partial charge in [-0.2, -0.15) is 0 Å². The first kappa shape index (κ1) is 20.6. The molecule has 0 aliphatic rings. The summed E-state index contributed by atoms with van der Waals surface area (Å²) in [4.78, 5) is 35.5. The molecule has 7 heteroatoms. The van der Waals surface area contributed by atoms with E-state index in [0.29, 0.717) is 0 Å². The van der Waals surface area contributed by atoms with Crippen LogP contribution in [-0.4, -0.2) is 29.9 Å². The third kappa shape index (κ3) is 7.34. The number of carbonyl (C=O) groups excluding carboxylic acids is 3. The van der Waals surface area contributed by atoms with Gasteiger partial charge in [0.2, 0.25) is 5.91 Å². The van der Waals surface area contributed by atoms with Crippen molar-refractivity contribution in [3.63, 3.8) is 0 Å². The van der Waals surface area contributed by atoms with Gasteiger partial charge in [-0.05, 0) is 18.4 Å². The Balaban J connectivity index is 2.45. The number of primary amides is 1. The van der Waals surface area contributed by atoms with Gasteiger partial charge < -0.3 is 21.5 Å². The second kappa shape index (κ2) is 10.5. The van der Waals surface area contributed by atoms with Crippen LogP contribution in [0.3, 0.4) is 0 Å². The maximum Gasteiger partial charge on any atom is 0.306 e. The summed E-state index contributed by atoms with van der Waals surface area (Å²) in [6.07, 6.45) is 0.891. The van der Waals surface area contributed by atoms with E-state index in [-0.39, 0.29) is 31.3 Å². The molecule has 0 aliphatic heterocycles. The van der Waals surface area contributed by atoms with Crippen molar-refractivity contribution in [2.45, 2.75) is 51.8 Å². The van der Waals surface area contributed by atoms with Gasteiger partial charge >= 0.3 is 5.97 Å². The Hall–Kier alpha value is -2.41. The highest BCUT2D eigenvalue weighted by Gasteiger charge is 2.27. The lowest BCUT2D eigenvalue weighted by Crippen LogP contribution is -2.71. The molecule has 6 N–H and O–H groups in total. The van der Waals surface area contributed by atoms with Gasteiger partial charge in [0.25, 0.3) is 5.91 Å². The average molecular weight is 350 g/mol. The Bertz CT molecular complexity index is 577. The van der Waals surface area contributed by atoms with E-state index in [1.54, 1.807) is 0 Å². The van der Waals surface area contributed by atoms with E-state index in [9.17, 15) is 14.4 Å². The number of amides is 2. The molecule has 0 saturated heterocycles. The fraction of sp³-hybridized carbons (Fsp3) is 0.500. The van der Waals surface area contributed by atoms with Crippen molar-refractivity contribution in [2.24, 2.45) is 11.7 Å². The van der Waals surface area contributed by atoms with E-state index in [1.165, 1.54) is 0 Å². The summed E-state index contributed by atoms with van der Waals surface area (Å²) in [5.41, 5.74) is 10.0. The van der Waals surface area contributed by atoms with Crippen LogP contribution in [0.5, 0.6) is 0 Å². The van der Waals surface area contributed by atoms with Crippen LogP contribution < -0.4 is 16.8 Å². The van der Waals surface area contributed by atoms with E-state index < -0.39 is 24.0 Å². The first-order chi connectivity index (χ1) is 11.8. The highest BCUT2D eigenvalue weighted by Crippen LogP contribution is 2.07. The van der Waals surface area contributed by atoms with E-state index >= 15 is 0 Å². The second-order valence-corrected chi connectivity index (χ2v) is 6.14. The van der Waals surface area contributed by atoms with Crippen molar-refractivity contribution in [1.29, 1.82) is 0 Å². The number of esters is 1. The molecule has 1 aromatic rings. The molecule has 0 aliphatic carbocycles. The molecular weight excluding hydrogens is 322 g/mol. The topological polar surface area (TPSA) is 126 Å². The summed E-state index contributed by atoms with van der Waals surface area (Å²) >= 11 is 0. The first-order valence-electron chi connectivity index (χ1n) is 8.47. The van der Waals surface area contributed by atoms with Crippen LogP contribution in [0.25, 0.3) is 0 Å². The van der Waals surface area contributed by atoms with Crippen LogP contribution in [0.15, 0.2) is 30.3 Å². The lowest BCUT2D eigenvalue weighted by molar-refractivity contribution is -0.415. The maximum atomic E-state index is 12.1. The molecule has 0 spiro atoms. The number of hydrogen-bond acceptors (Lipinski definition) is 4. The molecule has 0 heterocycles. The lowest BCUT2D eigenvalue weighted by Gasteiger charge is -2.19. The fourth-order valence-electron chi connectivity index (χ4n) is 2.18. The summed E-state index contributed by atoms with van der Waals surface area (Å²) in [6.45, 7) is 4.05. The average Bonchev–Trinajstić information content (AvgIpc) is 2.62. The Morgan fingerprint density at radius 1 is 1.24 bits per heavy atom. The second-order valence-electron chi connectivity index (χ2n) is 6.14. The monoisotopic (exact) mass is 350 g/mol. The van der Waals surface area contributed by atoms with Crippen LogP contribution in [0.1, 0.15) is 38.7 Å². The van der Waals surface area contributed by atoms with Crippen molar-refractivity contribution in [1.82, 2.24) is 5.32 Å². The Morgan fingerprint density at radius 2 is 1.88 bits per heavy atom. The molecule has 0 unspecified atom stereocenters. The summed E-state index contributed by atoms with van der Waals surface area (Å²) in [7, 11) is 0. The molecule has 0 fully saturated rings. The summed E-state index contributed by atoms with van der Waals surface area (Å²) in [5, 5.41) is 2.58. The number of rotatable bonds is 10. The van der Waals surface area contributed by atoms with Gasteiger partial charge in [0.1, 0.15) is 12.6 Å². The van der Waals surface area contributed by atoms with Gasteiger partial charge in [0.15, 0.2) is 6.04 Å². The third-order valence-corrected chi connectivity index (χ3v) is 4.21. The number of ether oxygens (including phenoxy) is 1. The van der Waals surface area contributed by atoms with Gasteiger partial charge in [0, 0.05) is 12.3 Å². The Kier molecular flexibility index (Phi) is 8.63. The van der Waals surface area contributed by atoms with Gasteiger partial charge in [-0.25, -0.2) is 0 Å². The van der Waals surface area contributed by atoms with Gasteiger partial charge in [-0.1, -0.05) is 44.2 Å². The molecule has 0 aromatic heterocycles. The summed E-state index contributed by atoms with van der Waals surface area (Å²) in [6, 6.07) is 7.90. The highest BCUT2D eigenvalue weighted by molar-refractivity contribution is 5.88. The van der Waals surface area contributed by atoms with E-state index in [1.807, 2.05) is 44.2 Å². The highest BCUT2D eigenvalue weighted by atomic mass is 16.5. The predicted octanol–water partition coefficient (Wildman–Crippen LogP) is 0.137. The van der Waals surface area contributed by atoms with Crippen LogP contribution in [0.2, 0.25) is 0 Å². The van der Waals surface area contributed by atoms with Crippen molar-refractivity contribution in [2.75, 3.05) is 0 Å². The van der Waals surface area contributed by atoms with Crippen molar-refractivity contribution < 1.29 is 24.9 Å². The molecule has 1 rings (SSSR count). The molecule has 3 atom stereocenters. The molecule has 1 aromatic carbocycles. The van der Waals surface area contributed by atoms with E-state index in [2.05, 4.69) is 11.1 Å².